The van der Waals surface area contributed by atoms with Crippen molar-refractivity contribution >= 4 is 40.7 Å². The molecular weight excluding hydrogens is 486 g/mol. The largest absolute Gasteiger partial charge is 0.459 e. The van der Waals surface area contributed by atoms with Crippen LogP contribution in [0.2, 0.25) is 5.15 Å². The van der Waals surface area contributed by atoms with Crippen LogP contribution < -0.4 is 5.73 Å². The molecule has 0 saturated carbocycles. The number of rotatable bonds is 6. The minimum Gasteiger partial charge on any atom is -0.459 e. The third-order valence-corrected chi connectivity index (χ3v) is 6.22. The second-order valence-electron chi connectivity index (χ2n) is 8.32. The van der Waals surface area contributed by atoms with Gasteiger partial charge in [-0.05, 0) is 24.3 Å². The smallest absolute Gasteiger partial charge is 0.338 e. The van der Waals surface area contributed by atoms with Crippen LogP contribution in [0.25, 0.3) is 11.2 Å². The van der Waals surface area contributed by atoms with Gasteiger partial charge in [0, 0.05) is 5.92 Å². The molecule has 2 aromatic heterocycles. The van der Waals surface area contributed by atoms with Crippen molar-refractivity contribution in [2.45, 2.75) is 25.4 Å². The molecule has 0 amide bonds. The quantitative estimate of drug-likeness (QED) is 0.306. The predicted octanol–water partition coefficient (Wildman–Crippen LogP) is 3.68. The lowest BCUT2D eigenvalue weighted by atomic mass is 10.0. The van der Waals surface area contributed by atoms with Gasteiger partial charge in [-0.15, -0.1) is 0 Å². The van der Waals surface area contributed by atoms with Crippen LogP contribution in [0.5, 0.6) is 0 Å². The standard InChI is InChI=1S/C25H22ClN5O5/c1-14-19(36-24(33)16-10-6-3-7-11-16)17(12-34-23(32)15-8-4-2-5-9-15)35-22(14)31-13-28-18-20(26)29-25(27)30-21(18)31/h2-11,13-14,17,19,22H,12H2,1H3,(H2,27,29,30)/t14-,17+,19-,22+/m0/s1. The molecule has 0 bridgehead atoms. The van der Waals surface area contributed by atoms with Crippen molar-refractivity contribution in [3.8, 4) is 0 Å². The molecule has 2 N–H and O–H groups in total. The fraction of sp³-hybridized carbons (Fsp3) is 0.240. The zero-order valence-corrected chi connectivity index (χ0v) is 19.9. The molecule has 3 heterocycles. The van der Waals surface area contributed by atoms with Gasteiger partial charge in [0.1, 0.15) is 30.6 Å². The summed E-state index contributed by atoms with van der Waals surface area (Å²) in [6.45, 7) is 1.73. The van der Waals surface area contributed by atoms with Crippen molar-refractivity contribution in [3.63, 3.8) is 0 Å². The summed E-state index contributed by atoms with van der Waals surface area (Å²) in [4.78, 5) is 37.9. The van der Waals surface area contributed by atoms with Crippen molar-refractivity contribution in [1.82, 2.24) is 19.5 Å². The van der Waals surface area contributed by atoms with E-state index in [9.17, 15) is 9.59 Å². The molecule has 36 heavy (non-hydrogen) atoms. The molecule has 5 rings (SSSR count). The van der Waals surface area contributed by atoms with E-state index in [2.05, 4.69) is 15.0 Å². The first-order chi connectivity index (χ1) is 17.4. The van der Waals surface area contributed by atoms with Crippen LogP contribution in [-0.2, 0) is 14.2 Å². The van der Waals surface area contributed by atoms with E-state index in [4.69, 9.17) is 31.5 Å². The lowest BCUT2D eigenvalue weighted by molar-refractivity contribution is -0.0567. The topological polar surface area (TPSA) is 131 Å². The fourth-order valence-corrected chi connectivity index (χ4v) is 4.40. The number of carbonyl (C=O) groups excluding carboxylic acids is 2. The molecule has 2 aromatic carbocycles. The van der Waals surface area contributed by atoms with Gasteiger partial charge >= 0.3 is 11.9 Å². The Morgan fingerprint density at radius 3 is 2.33 bits per heavy atom. The molecule has 1 saturated heterocycles. The van der Waals surface area contributed by atoms with E-state index in [1.165, 1.54) is 6.33 Å². The average molecular weight is 508 g/mol. The van der Waals surface area contributed by atoms with Gasteiger partial charge in [-0.25, -0.2) is 14.6 Å². The Bertz CT molecular complexity index is 1400. The Hall–Kier alpha value is -4.02. The van der Waals surface area contributed by atoms with Crippen molar-refractivity contribution < 1.29 is 23.8 Å². The number of ether oxygens (including phenoxy) is 3. The Morgan fingerprint density at radius 1 is 1.03 bits per heavy atom. The number of nitrogens with two attached hydrogens (primary N) is 1. The number of hydrogen-bond donors (Lipinski definition) is 1. The highest BCUT2D eigenvalue weighted by Gasteiger charge is 2.46. The van der Waals surface area contributed by atoms with E-state index < -0.39 is 30.4 Å². The van der Waals surface area contributed by atoms with Crippen molar-refractivity contribution in [3.05, 3.63) is 83.3 Å². The average Bonchev–Trinajstić information content (AvgIpc) is 3.44. The zero-order valence-electron chi connectivity index (χ0n) is 19.2. The van der Waals surface area contributed by atoms with Gasteiger partial charge < -0.3 is 19.9 Å². The van der Waals surface area contributed by atoms with E-state index in [0.717, 1.165) is 0 Å². The van der Waals surface area contributed by atoms with Gasteiger partial charge in [-0.1, -0.05) is 54.9 Å². The van der Waals surface area contributed by atoms with Crippen LogP contribution in [0.15, 0.2) is 67.0 Å². The van der Waals surface area contributed by atoms with Gasteiger partial charge in [-0.2, -0.15) is 9.97 Å². The molecule has 0 aliphatic carbocycles. The van der Waals surface area contributed by atoms with E-state index in [1.54, 1.807) is 59.2 Å². The first-order valence-corrected chi connectivity index (χ1v) is 11.6. The molecule has 1 aliphatic rings. The maximum atomic E-state index is 12.9. The van der Waals surface area contributed by atoms with Gasteiger partial charge in [0.15, 0.2) is 10.8 Å². The lowest BCUT2D eigenvalue weighted by Crippen LogP contribution is -2.35. The van der Waals surface area contributed by atoms with Crippen LogP contribution in [0.3, 0.4) is 0 Å². The number of fused-ring (bicyclic) bond motifs is 1. The third-order valence-electron chi connectivity index (χ3n) is 5.96. The number of hydrogen-bond acceptors (Lipinski definition) is 9. The predicted molar refractivity (Wildman–Crippen MR) is 130 cm³/mol. The summed E-state index contributed by atoms with van der Waals surface area (Å²) in [5.41, 5.74) is 7.33. The summed E-state index contributed by atoms with van der Waals surface area (Å²) >= 11 is 6.18. The molecule has 0 radical (unpaired) electrons. The number of carbonyl (C=O) groups is 2. The minimum absolute atomic E-state index is 0.0136. The summed E-state index contributed by atoms with van der Waals surface area (Å²) in [7, 11) is 0. The normalized spacial score (nSPS) is 21.4. The van der Waals surface area contributed by atoms with Crippen LogP contribution >= 0.6 is 11.6 Å². The number of esters is 2. The lowest BCUT2D eigenvalue weighted by Gasteiger charge is -2.21. The number of imidazole rings is 1. The van der Waals surface area contributed by atoms with Crippen LogP contribution in [0, 0.1) is 5.92 Å². The Morgan fingerprint density at radius 2 is 1.67 bits per heavy atom. The van der Waals surface area contributed by atoms with Crippen molar-refractivity contribution in [2.75, 3.05) is 12.3 Å². The van der Waals surface area contributed by atoms with E-state index in [1.807, 2.05) is 13.0 Å². The molecule has 10 nitrogen and oxygen atoms in total. The maximum Gasteiger partial charge on any atom is 0.338 e. The summed E-state index contributed by atoms with van der Waals surface area (Å²) in [6.07, 6.45) is -0.634. The van der Waals surface area contributed by atoms with Crippen molar-refractivity contribution in [1.29, 1.82) is 0 Å². The molecular formula is C25H22ClN5O5. The van der Waals surface area contributed by atoms with Crippen LogP contribution in [0.1, 0.15) is 33.9 Å². The first kappa shape index (κ1) is 23.7. The number of anilines is 1. The number of aromatic nitrogens is 4. The van der Waals surface area contributed by atoms with E-state index >= 15 is 0 Å². The highest BCUT2D eigenvalue weighted by atomic mass is 35.5. The van der Waals surface area contributed by atoms with E-state index in [0.29, 0.717) is 22.3 Å². The van der Waals surface area contributed by atoms with Crippen LogP contribution in [0.4, 0.5) is 5.95 Å². The monoisotopic (exact) mass is 507 g/mol. The zero-order chi connectivity index (χ0) is 25.2. The molecule has 1 aliphatic heterocycles. The summed E-state index contributed by atoms with van der Waals surface area (Å²) in [5.74, 6) is -1.41. The van der Waals surface area contributed by atoms with Gasteiger partial charge in [-0.3, -0.25) is 4.57 Å². The summed E-state index contributed by atoms with van der Waals surface area (Å²) < 4.78 is 19.3. The molecule has 1 fully saturated rings. The highest BCUT2D eigenvalue weighted by Crippen LogP contribution is 2.39. The Balaban J connectivity index is 1.42. The molecule has 0 unspecified atom stereocenters. The van der Waals surface area contributed by atoms with Gasteiger partial charge in [0.25, 0.3) is 0 Å². The summed E-state index contributed by atoms with van der Waals surface area (Å²) in [6, 6.07) is 17.2. The Kier molecular flexibility index (Phi) is 6.53. The maximum absolute atomic E-state index is 12.9. The molecule has 11 heteroatoms. The number of nitrogens with zero attached hydrogens (tertiary/aromatic N) is 4. The number of nitrogen functional groups attached to an aromatic ring is 1. The van der Waals surface area contributed by atoms with E-state index in [-0.39, 0.29) is 23.6 Å². The molecule has 4 atom stereocenters. The molecule has 184 valence electrons. The molecule has 0 spiro atoms. The highest BCUT2D eigenvalue weighted by molar-refractivity contribution is 6.33. The minimum atomic E-state index is -0.752. The third kappa shape index (κ3) is 4.60. The summed E-state index contributed by atoms with van der Waals surface area (Å²) in [5, 5.41) is 0.113. The van der Waals surface area contributed by atoms with Gasteiger partial charge in [0.05, 0.1) is 17.5 Å². The number of benzene rings is 2. The SMILES string of the molecule is C[C@H]1[C@H](OC(=O)c2ccccc2)[C@@H](COC(=O)c2ccccc2)O[C@H]1n1cnc2c(Cl)nc(N)nc21. The van der Waals surface area contributed by atoms with Gasteiger partial charge in [0.2, 0.25) is 5.95 Å². The second-order valence-corrected chi connectivity index (χ2v) is 8.68. The van der Waals surface area contributed by atoms with Crippen LogP contribution in [-0.4, -0.2) is 50.3 Å². The second kappa shape index (κ2) is 9.92. The van der Waals surface area contributed by atoms with Crippen molar-refractivity contribution in [2.24, 2.45) is 5.92 Å². The number of halogens is 1. The Labute approximate surface area is 211 Å². The fourth-order valence-electron chi connectivity index (χ4n) is 4.18. The first-order valence-electron chi connectivity index (χ1n) is 11.2. The molecule has 4 aromatic rings.